The van der Waals surface area contributed by atoms with E-state index in [-0.39, 0.29) is 11.7 Å². The molecule has 2 N–H and O–H groups in total. The number of halogens is 3. The van der Waals surface area contributed by atoms with Gasteiger partial charge in [0.2, 0.25) is 0 Å². The van der Waals surface area contributed by atoms with Crippen molar-refractivity contribution >= 4 is 27.5 Å². The maximum atomic E-state index is 13.8. The zero-order chi connectivity index (χ0) is 13.8. The highest BCUT2D eigenvalue weighted by Gasteiger charge is 2.13. The van der Waals surface area contributed by atoms with Crippen molar-refractivity contribution < 1.29 is 4.39 Å². The van der Waals surface area contributed by atoms with Crippen LogP contribution in [0.1, 0.15) is 17.0 Å². The first-order chi connectivity index (χ1) is 9.10. The molecule has 0 aliphatic rings. The van der Waals surface area contributed by atoms with Crippen LogP contribution in [0.4, 0.5) is 4.39 Å². The zero-order valence-corrected chi connectivity index (χ0v) is 12.6. The Labute approximate surface area is 125 Å². The van der Waals surface area contributed by atoms with Gasteiger partial charge < -0.3 is 5.73 Å². The Morgan fingerprint density at radius 1 is 1.21 bits per heavy atom. The lowest BCUT2D eigenvalue weighted by Crippen LogP contribution is -2.15. The molecular formula is C15H14BrClFN. The molecule has 1 nitrogen and oxygen atoms in total. The van der Waals surface area contributed by atoms with Crippen molar-refractivity contribution in [2.45, 2.75) is 12.3 Å². The minimum Gasteiger partial charge on any atom is -0.330 e. The number of hydrogen-bond acceptors (Lipinski definition) is 1. The van der Waals surface area contributed by atoms with Gasteiger partial charge in [-0.15, -0.1) is 0 Å². The number of nitrogens with two attached hydrogens (primary N) is 1. The summed E-state index contributed by atoms with van der Waals surface area (Å²) in [5.74, 6) is -0.186. The second kappa shape index (κ2) is 6.51. The van der Waals surface area contributed by atoms with E-state index < -0.39 is 0 Å². The van der Waals surface area contributed by atoms with E-state index in [1.54, 1.807) is 12.1 Å². The van der Waals surface area contributed by atoms with Crippen molar-refractivity contribution in [1.82, 2.24) is 0 Å². The Bertz CT molecular complexity index is 574. The van der Waals surface area contributed by atoms with E-state index in [0.29, 0.717) is 23.6 Å². The number of hydrogen-bond donors (Lipinski definition) is 1. The third kappa shape index (κ3) is 3.78. The van der Waals surface area contributed by atoms with E-state index in [4.69, 9.17) is 17.3 Å². The van der Waals surface area contributed by atoms with E-state index in [1.165, 1.54) is 6.07 Å². The van der Waals surface area contributed by atoms with Crippen LogP contribution in [0.25, 0.3) is 0 Å². The smallest absolute Gasteiger partial charge is 0.127 e. The van der Waals surface area contributed by atoms with Crippen LogP contribution in [0.3, 0.4) is 0 Å². The van der Waals surface area contributed by atoms with E-state index in [0.717, 1.165) is 10.0 Å². The van der Waals surface area contributed by atoms with E-state index in [1.807, 2.05) is 24.3 Å². The van der Waals surface area contributed by atoms with E-state index >= 15 is 0 Å². The van der Waals surface area contributed by atoms with E-state index in [2.05, 4.69) is 15.9 Å². The fraction of sp³-hybridized carbons (Fsp3) is 0.200. The van der Waals surface area contributed by atoms with Crippen LogP contribution in [0.5, 0.6) is 0 Å². The fourth-order valence-electron chi connectivity index (χ4n) is 2.05. The van der Waals surface area contributed by atoms with Gasteiger partial charge in [-0.25, -0.2) is 4.39 Å². The van der Waals surface area contributed by atoms with Crippen molar-refractivity contribution in [3.8, 4) is 0 Å². The highest BCUT2D eigenvalue weighted by molar-refractivity contribution is 9.10. The molecule has 0 fully saturated rings. The van der Waals surface area contributed by atoms with Gasteiger partial charge in [-0.2, -0.15) is 0 Å². The number of benzene rings is 2. The maximum Gasteiger partial charge on any atom is 0.127 e. The van der Waals surface area contributed by atoms with Crippen molar-refractivity contribution in [3.63, 3.8) is 0 Å². The normalized spacial score (nSPS) is 12.4. The second-order valence-corrected chi connectivity index (χ2v) is 5.78. The Hall–Kier alpha value is -0.900. The van der Waals surface area contributed by atoms with Crippen molar-refractivity contribution in [3.05, 3.63) is 68.9 Å². The molecule has 2 aromatic rings. The van der Waals surface area contributed by atoms with E-state index in [9.17, 15) is 4.39 Å². The third-order valence-corrected chi connectivity index (χ3v) is 3.81. The van der Waals surface area contributed by atoms with Crippen molar-refractivity contribution in [2.24, 2.45) is 5.73 Å². The minimum atomic E-state index is -0.277. The molecule has 1 atom stereocenters. The molecule has 2 aromatic carbocycles. The molecule has 0 aliphatic heterocycles. The summed E-state index contributed by atoms with van der Waals surface area (Å²) in [6.45, 7) is 0.471. The Balaban J connectivity index is 2.24. The monoisotopic (exact) mass is 341 g/mol. The van der Waals surface area contributed by atoms with Crippen LogP contribution in [-0.2, 0) is 6.42 Å². The van der Waals surface area contributed by atoms with Crippen molar-refractivity contribution in [1.29, 1.82) is 0 Å². The predicted molar refractivity (Wildman–Crippen MR) is 81.1 cm³/mol. The first-order valence-electron chi connectivity index (χ1n) is 5.99. The molecule has 0 radical (unpaired) electrons. The van der Waals surface area contributed by atoms with Gasteiger partial charge in [-0.05, 0) is 48.4 Å². The lowest BCUT2D eigenvalue weighted by molar-refractivity contribution is 0.590. The van der Waals surface area contributed by atoms with Crippen LogP contribution in [-0.4, -0.2) is 6.54 Å². The molecule has 100 valence electrons. The third-order valence-electron chi connectivity index (χ3n) is 3.09. The summed E-state index contributed by atoms with van der Waals surface area (Å²) in [6, 6.07) is 12.7. The molecule has 2 rings (SSSR count). The van der Waals surface area contributed by atoms with Crippen LogP contribution < -0.4 is 5.73 Å². The van der Waals surface area contributed by atoms with Gasteiger partial charge in [-0.1, -0.05) is 45.7 Å². The van der Waals surface area contributed by atoms with Crippen molar-refractivity contribution in [2.75, 3.05) is 6.54 Å². The van der Waals surface area contributed by atoms with Gasteiger partial charge in [0.25, 0.3) is 0 Å². The lowest BCUT2D eigenvalue weighted by Gasteiger charge is -2.16. The number of rotatable bonds is 4. The molecule has 1 unspecified atom stereocenters. The zero-order valence-electron chi connectivity index (χ0n) is 10.2. The molecule has 0 saturated heterocycles. The lowest BCUT2D eigenvalue weighted by atomic mass is 9.92. The average molecular weight is 343 g/mol. The van der Waals surface area contributed by atoms with Gasteiger partial charge >= 0.3 is 0 Å². The Morgan fingerprint density at radius 2 is 2.00 bits per heavy atom. The summed E-state index contributed by atoms with van der Waals surface area (Å²) in [4.78, 5) is 0. The van der Waals surface area contributed by atoms with Gasteiger partial charge in [0.15, 0.2) is 0 Å². The molecule has 0 bridgehead atoms. The predicted octanol–water partition coefficient (Wildman–Crippen LogP) is 4.53. The second-order valence-electron chi connectivity index (χ2n) is 4.43. The van der Waals surface area contributed by atoms with Gasteiger partial charge in [0.05, 0.1) is 0 Å². The molecule has 0 heterocycles. The summed E-state index contributed by atoms with van der Waals surface area (Å²) in [6.07, 6.45) is 0.565. The van der Waals surface area contributed by atoms with Gasteiger partial charge in [0, 0.05) is 15.4 Å². The van der Waals surface area contributed by atoms with Crippen LogP contribution >= 0.6 is 27.5 Å². The topological polar surface area (TPSA) is 26.0 Å². The SMILES string of the molecule is NCC(Cc1ccc(Cl)cc1F)c1cccc(Br)c1. The molecule has 0 aromatic heterocycles. The largest absolute Gasteiger partial charge is 0.330 e. The first kappa shape index (κ1) is 14.5. The average Bonchev–Trinajstić information content (AvgIpc) is 2.38. The molecule has 0 amide bonds. The van der Waals surface area contributed by atoms with Crippen LogP contribution in [0.2, 0.25) is 5.02 Å². The molecule has 0 spiro atoms. The van der Waals surface area contributed by atoms with Gasteiger partial charge in [0.1, 0.15) is 5.82 Å². The summed E-state index contributed by atoms with van der Waals surface area (Å²) in [5.41, 5.74) is 7.56. The molecule has 4 heteroatoms. The summed E-state index contributed by atoms with van der Waals surface area (Å²) >= 11 is 9.19. The summed E-state index contributed by atoms with van der Waals surface area (Å²) in [7, 11) is 0. The standard InChI is InChI=1S/C15H14BrClFN/c16-13-3-1-2-10(7-13)12(9-19)6-11-4-5-14(17)8-15(11)18/h1-5,7-8,12H,6,9,19H2. The molecular weight excluding hydrogens is 329 g/mol. The highest BCUT2D eigenvalue weighted by Crippen LogP contribution is 2.25. The highest BCUT2D eigenvalue weighted by atomic mass is 79.9. The molecule has 19 heavy (non-hydrogen) atoms. The van der Waals surface area contributed by atoms with Crippen LogP contribution in [0.15, 0.2) is 46.9 Å². The Kier molecular flexibility index (Phi) is 4.97. The molecule has 0 saturated carbocycles. The summed E-state index contributed by atoms with van der Waals surface area (Å²) < 4.78 is 14.8. The fourth-order valence-corrected chi connectivity index (χ4v) is 2.63. The van der Waals surface area contributed by atoms with Gasteiger partial charge in [-0.3, -0.25) is 0 Å². The Morgan fingerprint density at radius 3 is 2.63 bits per heavy atom. The maximum absolute atomic E-state index is 13.8. The van der Waals surface area contributed by atoms with Crippen LogP contribution in [0, 0.1) is 5.82 Å². The first-order valence-corrected chi connectivity index (χ1v) is 7.16. The molecule has 0 aliphatic carbocycles. The summed E-state index contributed by atoms with van der Waals surface area (Å²) in [5, 5.41) is 0.410. The minimum absolute atomic E-state index is 0.0909. The quantitative estimate of drug-likeness (QED) is 0.868.